The first-order chi connectivity index (χ1) is 8.77. The van der Waals surface area contributed by atoms with Gasteiger partial charge in [0.15, 0.2) is 0 Å². The molecule has 0 atom stereocenters. The van der Waals surface area contributed by atoms with Crippen molar-refractivity contribution in [3.05, 3.63) is 42.2 Å². The molecule has 4 heteroatoms. The number of aromatic amines is 1. The quantitative estimate of drug-likeness (QED) is 0.843. The Morgan fingerprint density at radius 1 is 1.22 bits per heavy atom. The molecule has 18 heavy (non-hydrogen) atoms. The highest BCUT2D eigenvalue weighted by atomic mass is 16.5. The molecule has 4 nitrogen and oxygen atoms in total. The van der Waals surface area contributed by atoms with E-state index in [4.69, 9.17) is 9.47 Å². The van der Waals surface area contributed by atoms with E-state index in [9.17, 15) is 4.79 Å². The van der Waals surface area contributed by atoms with Crippen molar-refractivity contribution < 1.29 is 14.3 Å². The molecule has 0 fully saturated rings. The largest absolute Gasteiger partial charge is 0.496 e. The fourth-order valence-corrected chi connectivity index (χ4v) is 1.83. The number of ether oxygens (including phenoxy) is 2. The summed E-state index contributed by atoms with van der Waals surface area (Å²) in [6, 6.07) is 7.56. The second-order valence-electron chi connectivity index (χ2n) is 3.70. The van der Waals surface area contributed by atoms with Crippen LogP contribution in [0.3, 0.4) is 0 Å². The van der Waals surface area contributed by atoms with Crippen LogP contribution in [0.1, 0.15) is 17.3 Å². The average Bonchev–Trinajstić information content (AvgIpc) is 2.88. The fraction of sp³-hybridized carbons (Fsp3) is 0.214. The number of rotatable bonds is 4. The number of benzene rings is 1. The fourth-order valence-electron chi connectivity index (χ4n) is 1.83. The normalized spacial score (nSPS) is 10.1. The zero-order valence-corrected chi connectivity index (χ0v) is 10.4. The third-order valence-corrected chi connectivity index (χ3v) is 2.64. The molecule has 2 aromatic rings. The van der Waals surface area contributed by atoms with Crippen LogP contribution in [0.4, 0.5) is 0 Å². The van der Waals surface area contributed by atoms with Gasteiger partial charge in [0, 0.05) is 23.5 Å². The van der Waals surface area contributed by atoms with Gasteiger partial charge in [-0.2, -0.15) is 0 Å². The first-order valence-corrected chi connectivity index (χ1v) is 5.75. The Balaban J connectivity index is 2.45. The summed E-state index contributed by atoms with van der Waals surface area (Å²) in [5.41, 5.74) is 2.16. The molecule has 0 amide bonds. The minimum absolute atomic E-state index is 0.334. The molecule has 0 saturated carbocycles. The minimum Gasteiger partial charge on any atom is -0.496 e. The van der Waals surface area contributed by atoms with Gasteiger partial charge in [-0.1, -0.05) is 18.2 Å². The van der Waals surface area contributed by atoms with Crippen LogP contribution >= 0.6 is 0 Å². The lowest BCUT2D eigenvalue weighted by molar-refractivity contribution is 0.0527. The summed E-state index contributed by atoms with van der Waals surface area (Å²) in [5.74, 6) is 0.391. The molecule has 0 bridgehead atoms. The highest BCUT2D eigenvalue weighted by molar-refractivity contribution is 5.98. The number of methoxy groups -OCH3 is 1. The lowest BCUT2D eigenvalue weighted by atomic mass is 10.0. The minimum atomic E-state index is -0.334. The molecule has 0 aliphatic rings. The molecule has 1 N–H and O–H groups in total. The van der Waals surface area contributed by atoms with E-state index >= 15 is 0 Å². The van der Waals surface area contributed by atoms with Gasteiger partial charge in [-0.05, 0) is 13.0 Å². The second-order valence-corrected chi connectivity index (χ2v) is 3.70. The third-order valence-electron chi connectivity index (χ3n) is 2.64. The molecule has 1 aromatic carbocycles. The summed E-state index contributed by atoms with van der Waals surface area (Å²) in [7, 11) is 1.61. The summed E-state index contributed by atoms with van der Waals surface area (Å²) in [6.45, 7) is 2.14. The number of carbonyl (C=O) groups is 1. The Morgan fingerprint density at radius 3 is 2.72 bits per heavy atom. The molecule has 2 rings (SSSR count). The van der Waals surface area contributed by atoms with E-state index in [1.807, 2.05) is 24.3 Å². The van der Waals surface area contributed by atoms with E-state index in [2.05, 4.69) is 4.98 Å². The lowest BCUT2D eigenvalue weighted by Crippen LogP contribution is -2.04. The van der Waals surface area contributed by atoms with E-state index in [-0.39, 0.29) is 5.97 Å². The van der Waals surface area contributed by atoms with Gasteiger partial charge in [-0.25, -0.2) is 4.79 Å². The van der Waals surface area contributed by atoms with Crippen LogP contribution in [0.2, 0.25) is 0 Å². The topological polar surface area (TPSA) is 51.3 Å². The van der Waals surface area contributed by atoms with E-state index in [1.165, 1.54) is 0 Å². The predicted molar refractivity (Wildman–Crippen MR) is 68.7 cm³/mol. The van der Waals surface area contributed by atoms with Crippen LogP contribution in [-0.2, 0) is 4.74 Å². The molecule has 0 aliphatic heterocycles. The van der Waals surface area contributed by atoms with Gasteiger partial charge >= 0.3 is 5.97 Å². The maximum Gasteiger partial charge on any atom is 0.340 e. The maximum atomic E-state index is 11.8. The molecular weight excluding hydrogens is 230 g/mol. The average molecular weight is 245 g/mol. The van der Waals surface area contributed by atoms with E-state index in [1.54, 1.807) is 26.4 Å². The van der Waals surface area contributed by atoms with Crippen molar-refractivity contribution >= 4 is 5.97 Å². The number of H-pyrrole nitrogens is 1. The van der Waals surface area contributed by atoms with Gasteiger partial charge in [-0.3, -0.25) is 0 Å². The third kappa shape index (κ3) is 2.22. The number of esters is 1. The molecular formula is C14H15NO3. The highest BCUT2D eigenvalue weighted by Gasteiger charge is 2.17. The highest BCUT2D eigenvalue weighted by Crippen LogP contribution is 2.32. The molecule has 0 saturated heterocycles. The van der Waals surface area contributed by atoms with Gasteiger partial charge in [-0.15, -0.1) is 0 Å². The monoisotopic (exact) mass is 245 g/mol. The van der Waals surface area contributed by atoms with Gasteiger partial charge in [0.05, 0.1) is 19.3 Å². The number of nitrogens with one attached hydrogen (secondary N) is 1. The van der Waals surface area contributed by atoms with Gasteiger partial charge in [0.25, 0.3) is 0 Å². The van der Waals surface area contributed by atoms with Gasteiger partial charge in [0.1, 0.15) is 5.75 Å². The van der Waals surface area contributed by atoms with E-state index in [0.717, 1.165) is 16.9 Å². The van der Waals surface area contributed by atoms with Crippen LogP contribution in [0.15, 0.2) is 36.7 Å². The van der Waals surface area contributed by atoms with Crippen LogP contribution in [0.25, 0.3) is 11.1 Å². The van der Waals surface area contributed by atoms with E-state index in [0.29, 0.717) is 12.2 Å². The molecule has 0 unspecified atom stereocenters. The van der Waals surface area contributed by atoms with Crippen LogP contribution in [-0.4, -0.2) is 24.7 Å². The van der Waals surface area contributed by atoms with Crippen molar-refractivity contribution in [1.82, 2.24) is 4.98 Å². The summed E-state index contributed by atoms with van der Waals surface area (Å²) < 4.78 is 10.3. The number of carbonyl (C=O) groups excluding carboxylic acids is 1. The number of aromatic nitrogens is 1. The number of hydrogen-bond acceptors (Lipinski definition) is 3. The first kappa shape index (κ1) is 12.2. The summed E-state index contributed by atoms with van der Waals surface area (Å²) in [6.07, 6.45) is 3.41. The lowest BCUT2D eigenvalue weighted by Gasteiger charge is -2.08. The Labute approximate surface area is 106 Å². The van der Waals surface area contributed by atoms with Gasteiger partial charge in [0.2, 0.25) is 0 Å². The summed E-state index contributed by atoms with van der Waals surface area (Å²) in [5, 5.41) is 0. The standard InChI is InChI=1S/C14H15NO3/c1-3-18-14(16)12-9-15-8-11(12)10-6-4-5-7-13(10)17-2/h4-9,15H,3H2,1-2H3. The molecule has 0 aliphatic carbocycles. The zero-order chi connectivity index (χ0) is 13.0. The van der Waals surface area contributed by atoms with Gasteiger partial charge < -0.3 is 14.5 Å². The molecule has 0 radical (unpaired) electrons. The van der Waals surface area contributed by atoms with Crippen LogP contribution < -0.4 is 4.74 Å². The van der Waals surface area contributed by atoms with Crippen LogP contribution in [0, 0.1) is 0 Å². The van der Waals surface area contributed by atoms with Crippen molar-refractivity contribution in [3.63, 3.8) is 0 Å². The second kappa shape index (κ2) is 5.40. The van der Waals surface area contributed by atoms with Crippen molar-refractivity contribution in [2.24, 2.45) is 0 Å². The first-order valence-electron chi connectivity index (χ1n) is 5.75. The number of para-hydroxylation sites is 1. The van der Waals surface area contributed by atoms with Crippen molar-refractivity contribution in [2.45, 2.75) is 6.92 Å². The molecule has 94 valence electrons. The Bertz CT molecular complexity index is 545. The van der Waals surface area contributed by atoms with Crippen molar-refractivity contribution in [2.75, 3.05) is 13.7 Å². The van der Waals surface area contributed by atoms with Crippen LogP contribution in [0.5, 0.6) is 5.75 Å². The number of hydrogen-bond donors (Lipinski definition) is 1. The molecule has 0 spiro atoms. The van der Waals surface area contributed by atoms with Crippen molar-refractivity contribution in [1.29, 1.82) is 0 Å². The maximum absolute atomic E-state index is 11.8. The smallest absolute Gasteiger partial charge is 0.340 e. The zero-order valence-electron chi connectivity index (χ0n) is 10.4. The Hall–Kier alpha value is -2.23. The molecule has 1 heterocycles. The predicted octanol–water partition coefficient (Wildman–Crippen LogP) is 2.87. The SMILES string of the molecule is CCOC(=O)c1c[nH]cc1-c1ccccc1OC. The summed E-state index contributed by atoms with van der Waals surface area (Å²) in [4.78, 5) is 14.7. The summed E-state index contributed by atoms with van der Waals surface area (Å²) >= 11 is 0. The van der Waals surface area contributed by atoms with Crippen molar-refractivity contribution in [3.8, 4) is 16.9 Å². The Morgan fingerprint density at radius 2 is 2.00 bits per heavy atom. The van der Waals surface area contributed by atoms with E-state index < -0.39 is 0 Å². The molecule has 1 aromatic heterocycles. The Kier molecular flexibility index (Phi) is 3.67.